The summed E-state index contributed by atoms with van der Waals surface area (Å²) in [4.78, 5) is 29.6. The molecular weight excluding hydrogens is 617 g/mol. The van der Waals surface area contributed by atoms with E-state index < -0.39 is 0 Å². The minimum absolute atomic E-state index is 0.302. The minimum Gasteiger partial charge on any atom is -0.376 e. The Morgan fingerprint density at radius 2 is 1.00 bits per heavy atom. The molecule has 2 unspecified atom stereocenters. The maximum Gasteiger partial charge on any atom is 0.131 e. The van der Waals surface area contributed by atoms with Crippen molar-refractivity contribution in [3.05, 3.63) is 36.4 Å². The van der Waals surface area contributed by atoms with Gasteiger partial charge in [-0.3, -0.25) is 9.80 Å². The first-order valence-electron chi connectivity index (χ1n) is 19.2. The number of thiol groups is 1. The van der Waals surface area contributed by atoms with Crippen molar-refractivity contribution in [2.45, 2.75) is 128 Å². The van der Waals surface area contributed by atoms with Crippen LogP contribution in [0.2, 0.25) is 0 Å². The van der Waals surface area contributed by atoms with E-state index in [1.54, 1.807) is 0 Å². The highest BCUT2D eigenvalue weighted by Crippen LogP contribution is 2.31. The lowest BCUT2D eigenvalue weighted by Gasteiger charge is -2.42. The lowest BCUT2D eigenvalue weighted by atomic mass is 9.86. The molecule has 4 aliphatic rings. The summed E-state index contributed by atoms with van der Waals surface area (Å²) >= 11 is 4.52. The molecule has 4 heterocycles. The van der Waals surface area contributed by atoms with E-state index >= 15 is 0 Å². The average Bonchev–Trinajstić information content (AvgIpc) is 3.14. The summed E-state index contributed by atoms with van der Waals surface area (Å²) in [5.74, 6) is 4.37. The second-order valence-corrected chi connectivity index (χ2v) is 15.9. The van der Waals surface area contributed by atoms with Crippen LogP contribution in [0.3, 0.4) is 0 Å². The van der Waals surface area contributed by atoms with Gasteiger partial charge in [-0.25, -0.2) is 19.9 Å². The van der Waals surface area contributed by atoms with E-state index in [-0.39, 0.29) is 0 Å². The molecule has 10 heteroatoms. The van der Waals surface area contributed by atoms with E-state index in [9.17, 15) is 0 Å². The Bertz CT molecular complexity index is 1220. The van der Waals surface area contributed by atoms with Crippen LogP contribution in [0.25, 0.3) is 0 Å². The Morgan fingerprint density at radius 3 is 1.38 bits per heavy atom. The number of ether oxygens (including phenoxy) is 1. The summed E-state index contributed by atoms with van der Waals surface area (Å²) in [7, 11) is 0. The largest absolute Gasteiger partial charge is 0.376 e. The molecule has 2 aliphatic heterocycles. The third-order valence-corrected chi connectivity index (χ3v) is 12.3. The van der Waals surface area contributed by atoms with E-state index in [4.69, 9.17) is 24.7 Å². The van der Waals surface area contributed by atoms with Crippen molar-refractivity contribution in [3.8, 4) is 0 Å². The number of nitrogens with zero attached hydrogens (tertiary/aromatic N) is 8. The molecule has 2 saturated carbocycles. The summed E-state index contributed by atoms with van der Waals surface area (Å²) in [6.45, 7) is 17.5. The molecule has 0 aromatic carbocycles. The van der Waals surface area contributed by atoms with Crippen molar-refractivity contribution in [3.63, 3.8) is 0 Å². The molecule has 2 aromatic heterocycles. The zero-order valence-electron chi connectivity index (χ0n) is 30.2. The maximum absolute atomic E-state index is 6.07. The fourth-order valence-electron chi connectivity index (χ4n) is 8.57. The summed E-state index contributed by atoms with van der Waals surface area (Å²) in [5.41, 5.74) is 2.31. The summed E-state index contributed by atoms with van der Waals surface area (Å²) in [5, 5.41) is 0. The van der Waals surface area contributed by atoms with Gasteiger partial charge in [-0.05, 0) is 89.7 Å². The highest BCUT2D eigenvalue weighted by molar-refractivity contribution is 7.80. The Labute approximate surface area is 296 Å². The predicted octanol–water partition coefficient (Wildman–Crippen LogP) is 6.42. The lowest BCUT2D eigenvalue weighted by molar-refractivity contribution is -0.0266. The van der Waals surface area contributed by atoms with Crippen LogP contribution < -0.4 is 9.80 Å². The normalized spacial score (nSPS) is 27.7. The van der Waals surface area contributed by atoms with Gasteiger partial charge in [0.15, 0.2) is 0 Å². The van der Waals surface area contributed by atoms with Crippen LogP contribution in [-0.4, -0.2) is 112 Å². The third kappa shape index (κ3) is 9.40. The van der Waals surface area contributed by atoms with Gasteiger partial charge in [0.05, 0.1) is 48.4 Å². The first-order valence-corrected chi connectivity index (χ1v) is 19.9. The third-order valence-electron chi connectivity index (χ3n) is 11.8. The molecular formula is C38H62N8OS. The number of hydrogen-bond acceptors (Lipinski definition) is 10. The number of piperazine rings is 2. The summed E-state index contributed by atoms with van der Waals surface area (Å²) in [6, 6.07) is 1.48. The molecule has 0 bridgehead atoms. The van der Waals surface area contributed by atoms with Gasteiger partial charge in [-0.1, -0.05) is 13.8 Å². The van der Waals surface area contributed by atoms with Crippen molar-refractivity contribution < 1.29 is 4.74 Å². The lowest BCUT2D eigenvalue weighted by Crippen LogP contribution is -2.51. The molecule has 2 aromatic rings. The van der Waals surface area contributed by atoms with Crippen LogP contribution in [0, 0.1) is 5.92 Å². The van der Waals surface area contributed by atoms with Crippen LogP contribution in [0.1, 0.15) is 115 Å². The second-order valence-electron chi connectivity index (χ2n) is 15.5. The first kappa shape index (κ1) is 35.8. The van der Waals surface area contributed by atoms with E-state index in [1.807, 2.05) is 24.8 Å². The number of rotatable bonds is 12. The van der Waals surface area contributed by atoms with E-state index in [1.165, 1.54) is 51.4 Å². The Hall–Kier alpha value is -2.01. The molecule has 4 fully saturated rings. The topological polar surface area (TPSA) is 73.8 Å². The number of anilines is 2. The monoisotopic (exact) mass is 678 g/mol. The minimum atomic E-state index is 0.302. The van der Waals surface area contributed by atoms with Gasteiger partial charge in [0, 0.05) is 76.3 Å². The van der Waals surface area contributed by atoms with Crippen LogP contribution >= 0.6 is 12.6 Å². The molecule has 0 N–H and O–H groups in total. The van der Waals surface area contributed by atoms with E-state index in [0.717, 1.165) is 106 Å². The molecule has 0 radical (unpaired) electrons. The molecule has 48 heavy (non-hydrogen) atoms. The zero-order chi connectivity index (χ0) is 33.5. The van der Waals surface area contributed by atoms with Crippen molar-refractivity contribution in [1.29, 1.82) is 0 Å². The molecule has 6 rings (SSSR count). The van der Waals surface area contributed by atoms with Gasteiger partial charge in [0.2, 0.25) is 0 Å². The van der Waals surface area contributed by atoms with Crippen molar-refractivity contribution in [2.24, 2.45) is 5.92 Å². The van der Waals surface area contributed by atoms with Gasteiger partial charge in [0.25, 0.3) is 0 Å². The maximum atomic E-state index is 6.07. The fraction of sp³-hybridized carbons (Fsp3) is 0.789. The molecule has 2 atom stereocenters. The van der Waals surface area contributed by atoms with Crippen LogP contribution in [-0.2, 0) is 4.74 Å². The average molecular weight is 679 g/mol. The van der Waals surface area contributed by atoms with Gasteiger partial charge in [-0.15, -0.1) is 0 Å². The standard InChI is InChI=1S/C38H62N8OS/c1-28(2)47-36-13-11-33(12-14-36)44-17-21-46(22-18-44)35-25-41-38(42-26-35)30(4)6-5-29(3)37-39-23-34(24-40-37)45-19-15-43(16-20-45)32-9-7-31(27-48)8-10-32/h23-26,28-33,36,48H,5-22,27H2,1-4H3. The van der Waals surface area contributed by atoms with E-state index in [0.29, 0.717) is 30.1 Å². The van der Waals surface area contributed by atoms with Gasteiger partial charge >= 0.3 is 0 Å². The molecule has 0 spiro atoms. The number of hydrogen-bond donors (Lipinski definition) is 1. The molecule has 266 valence electrons. The summed E-state index contributed by atoms with van der Waals surface area (Å²) in [6.07, 6.45) is 21.3. The van der Waals surface area contributed by atoms with Crippen LogP contribution in [0.15, 0.2) is 24.8 Å². The fourth-order valence-corrected chi connectivity index (χ4v) is 8.94. The van der Waals surface area contributed by atoms with Gasteiger partial charge in [0.1, 0.15) is 11.6 Å². The summed E-state index contributed by atoms with van der Waals surface area (Å²) < 4.78 is 6.07. The first-order chi connectivity index (χ1) is 23.4. The second kappa shape index (κ2) is 17.3. The number of aromatic nitrogens is 4. The molecule has 2 saturated heterocycles. The van der Waals surface area contributed by atoms with Crippen LogP contribution in [0.4, 0.5) is 11.4 Å². The van der Waals surface area contributed by atoms with Crippen molar-refractivity contribution in [1.82, 2.24) is 29.7 Å². The Balaban J connectivity index is 0.897. The SMILES string of the molecule is CC(C)OC1CCC(N2CCN(c3cnc(C(C)CCC(C)c4ncc(N5CCN(C6CCC(CS)CC6)CC5)cn4)nc3)CC2)CC1. The Kier molecular flexibility index (Phi) is 12.9. The predicted molar refractivity (Wildman–Crippen MR) is 200 cm³/mol. The highest BCUT2D eigenvalue weighted by Gasteiger charge is 2.30. The smallest absolute Gasteiger partial charge is 0.131 e. The quantitative estimate of drug-likeness (QED) is 0.256. The van der Waals surface area contributed by atoms with Crippen molar-refractivity contribution >= 4 is 24.0 Å². The van der Waals surface area contributed by atoms with Gasteiger partial charge < -0.3 is 14.5 Å². The molecule has 2 aliphatic carbocycles. The van der Waals surface area contributed by atoms with Gasteiger partial charge in [-0.2, -0.15) is 12.6 Å². The molecule has 9 nitrogen and oxygen atoms in total. The molecule has 0 amide bonds. The van der Waals surface area contributed by atoms with Crippen LogP contribution in [0.5, 0.6) is 0 Å². The van der Waals surface area contributed by atoms with E-state index in [2.05, 4.69) is 59.9 Å². The highest BCUT2D eigenvalue weighted by atomic mass is 32.1. The van der Waals surface area contributed by atoms with Crippen molar-refractivity contribution in [2.75, 3.05) is 67.9 Å². The zero-order valence-corrected chi connectivity index (χ0v) is 31.1. The Morgan fingerprint density at radius 1 is 0.604 bits per heavy atom.